The van der Waals surface area contributed by atoms with Crippen molar-refractivity contribution in [3.05, 3.63) is 52.3 Å². The molecule has 0 saturated heterocycles. The first kappa shape index (κ1) is 14.3. The largest absolute Gasteiger partial charge is 0.493 e. The third-order valence-electron chi connectivity index (χ3n) is 2.94. The number of pyridine rings is 1. The maximum atomic E-state index is 11.8. The van der Waals surface area contributed by atoms with E-state index < -0.39 is 0 Å². The molecule has 0 radical (unpaired) electrons. The Bertz CT molecular complexity index is 632. The first-order chi connectivity index (χ1) is 9.60. The van der Waals surface area contributed by atoms with E-state index in [4.69, 9.17) is 10.5 Å². The standard InChI is InChI=1S/C16H20N2O2/c1-11(2)10-20-14-5-3-4-12(8-14)15-7-6-13(9-17)16(19)18-15/h3-8,11H,9-10,17H2,1-2H3,(H,18,19). The van der Waals surface area contributed by atoms with Crippen molar-refractivity contribution in [3.8, 4) is 17.0 Å². The van der Waals surface area contributed by atoms with Crippen LogP contribution in [-0.2, 0) is 6.54 Å². The maximum absolute atomic E-state index is 11.8. The number of nitrogens with one attached hydrogen (secondary N) is 1. The summed E-state index contributed by atoms with van der Waals surface area (Å²) in [5.74, 6) is 1.28. The topological polar surface area (TPSA) is 68.1 Å². The van der Waals surface area contributed by atoms with Crippen molar-refractivity contribution in [1.29, 1.82) is 0 Å². The quantitative estimate of drug-likeness (QED) is 0.879. The van der Waals surface area contributed by atoms with Crippen LogP contribution < -0.4 is 16.0 Å². The van der Waals surface area contributed by atoms with E-state index in [1.807, 2.05) is 30.3 Å². The lowest BCUT2D eigenvalue weighted by Crippen LogP contribution is -2.15. The Morgan fingerprint density at radius 3 is 2.70 bits per heavy atom. The molecule has 0 amide bonds. The van der Waals surface area contributed by atoms with Crippen LogP contribution in [0.1, 0.15) is 19.4 Å². The smallest absolute Gasteiger partial charge is 0.252 e. The first-order valence-corrected chi connectivity index (χ1v) is 6.75. The lowest BCUT2D eigenvalue weighted by Gasteiger charge is -2.10. The monoisotopic (exact) mass is 272 g/mol. The molecule has 3 N–H and O–H groups in total. The molecule has 1 aromatic carbocycles. The molecule has 0 saturated carbocycles. The van der Waals surface area contributed by atoms with Gasteiger partial charge in [0.15, 0.2) is 0 Å². The first-order valence-electron chi connectivity index (χ1n) is 6.75. The Labute approximate surface area is 118 Å². The SMILES string of the molecule is CC(C)COc1cccc(-c2ccc(CN)c(=O)[nH]2)c1. The van der Waals surface area contributed by atoms with Gasteiger partial charge in [-0.1, -0.05) is 32.0 Å². The number of hydrogen-bond acceptors (Lipinski definition) is 3. The summed E-state index contributed by atoms with van der Waals surface area (Å²) < 4.78 is 5.69. The number of benzene rings is 1. The number of nitrogens with two attached hydrogens (primary N) is 1. The molecule has 2 rings (SSSR count). The molecule has 20 heavy (non-hydrogen) atoms. The van der Waals surface area contributed by atoms with E-state index in [0.717, 1.165) is 17.0 Å². The van der Waals surface area contributed by atoms with Gasteiger partial charge < -0.3 is 15.5 Å². The summed E-state index contributed by atoms with van der Waals surface area (Å²) in [6.07, 6.45) is 0. The molecular weight excluding hydrogens is 252 g/mol. The number of H-pyrrole nitrogens is 1. The van der Waals surface area contributed by atoms with Crippen molar-refractivity contribution in [2.45, 2.75) is 20.4 Å². The summed E-state index contributed by atoms with van der Waals surface area (Å²) in [4.78, 5) is 14.6. The van der Waals surface area contributed by atoms with E-state index in [1.54, 1.807) is 6.07 Å². The summed E-state index contributed by atoms with van der Waals surface area (Å²) in [6, 6.07) is 11.3. The second-order valence-electron chi connectivity index (χ2n) is 5.16. The van der Waals surface area contributed by atoms with Crippen LogP contribution in [0, 0.1) is 5.92 Å². The Balaban J connectivity index is 2.26. The normalized spacial score (nSPS) is 10.8. The molecule has 0 bridgehead atoms. The van der Waals surface area contributed by atoms with Crippen LogP contribution in [0.5, 0.6) is 5.75 Å². The van der Waals surface area contributed by atoms with E-state index in [9.17, 15) is 4.79 Å². The summed E-state index contributed by atoms with van der Waals surface area (Å²) in [5, 5.41) is 0. The van der Waals surface area contributed by atoms with E-state index in [1.165, 1.54) is 0 Å². The third kappa shape index (κ3) is 3.48. The number of aromatic amines is 1. The van der Waals surface area contributed by atoms with Crippen LogP contribution in [0.25, 0.3) is 11.3 Å². The average Bonchev–Trinajstić information content (AvgIpc) is 2.45. The number of rotatable bonds is 5. The molecule has 1 aromatic heterocycles. The van der Waals surface area contributed by atoms with Gasteiger partial charge in [-0.3, -0.25) is 4.79 Å². The average molecular weight is 272 g/mol. The Kier molecular flexibility index (Phi) is 4.58. The molecule has 0 aliphatic heterocycles. The zero-order chi connectivity index (χ0) is 14.5. The van der Waals surface area contributed by atoms with Crippen LogP contribution in [0.15, 0.2) is 41.2 Å². The van der Waals surface area contributed by atoms with Gasteiger partial charge in [-0.2, -0.15) is 0 Å². The minimum Gasteiger partial charge on any atom is -0.493 e. The van der Waals surface area contributed by atoms with Gasteiger partial charge in [-0.15, -0.1) is 0 Å². The Morgan fingerprint density at radius 2 is 2.05 bits per heavy atom. The van der Waals surface area contributed by atoms with Crippen molar-refractivity contribution in [2.75, 3.05) is 6.61 Å². The highest BCUT2D eigenvalue weighted by molar-refractivity contribution is 5.61. The summed E-state index contributed by atoms with van der Waals surface area (Å²) in [7, 11) is 0. The molecule has 106 valence electrons. The van der Waals surface area contributed by atoms with Crippen molar-refractivity contribution < 1.29 is 4.74 Å². The number of hydrogen-bond donors (Lipinski definition) is 2. The molecule has 0 aliphatic carbocycles. The predicted octanol–water partition coefficient (Wildman–Crippen LogP) is 2.54. The van der Waals surface area contributed by atoms with Crippen LogP contribution in [-0.4, -0.2) is 11.6 Å². The fourth-order valence-electron chi connectivity index (χ4n) is 1.85. The van der Waals surface area contributed by atoms with Gasteiger partial charge >= 0.3 is 0 Å². The zero-order valence-corrected chi connectivity index (χ0v) is 11.8. The number of aromatic nitrogens is 1. The van der Waals surface area contributed by atoms with Crippen molar-refractivity contribution >= 4 is 0 Å². The molecule has 4 nitrogen and oxygen atoms in total. The van der Waals surface area contributed by atoms with Crippen molar-refractivity contribution in [2.24, 2.45) is 11.7 Å². The molecule has 4 heteroatoms. The van der Waals surface area contributed by atoms with E-state index in [2.05, 4.69) is 18.8 Å². The van der Waals surface area contributed by atoms with Gasteiger partial charge in [0.05, 0.1) is 6.61 Å². The number of ether oxygens (including phenoxy) is 1. The minimum absolute atomic E-state index is 0.140. The van der Waals surface area contributed by atoms with Crippen LogP contribution >= 0.6 is 0 Å². The van der Waals surface area contributed by atoms with E-state index >= 15 is 0 Å². The zero-order valence-electron chi connectivity index (χ0n) is 11.8. The van der Waals surface area contributed by atoms with Crippen LogP contribution in [0.4, 0.5) is 0 Å². The molecule has 0 aliphatic rings. The maximum Gasteiger partial charge on any atom is 0.252 e. The predicted molar refractivity (Wildman–Crippen MR) is 80.7 cm³/mol. The van der Waals surface area contributed by atoms with Gasteiger partial charge in [0.25, 0.3) is 5.56 Å². The summed E-state index contributed by atoms with van der Waals surface area (Å²) in [5.41, 5.74) is 7.62. The summed E-state index contributed by atoms with van der Waals surface area (Å²) >= 11 is 0. The molecule has 0 fully saturated rings. The summed E-state index contributed by atoms with van der Waals surface area (Å²) in [6.45, 7) is 5.12. The van der Waals surface area contributed by atoms with Gasteiger partial charge in [0.2, 0.25) is 0 Å². The third-order valence-corrected chi connectivity index (χ3v) is 2.94. The Hall–Kier alpha value is -2.07. The highest BCUT2D eigenvalue weighted by Gasteiger charge is 2.04. The highest BCUT2D eigenvalue weighted by atomic mass is 16.5. The molecule has 1 heterocycles. The fourth-order valence-corrected chi connectivity index (χ4v) is 1.85. The molecular formula is C16H20N2O2. The van der Waals surface area contributed by atoms with Gasteiger partial charge in [0, 0.05) is 23.4 Å². The minimum atomic E-state index is -0.140. The van der Waals surface area contributed by atoms with Gasteiger partial charge in [-0.05, 0) is 24.1 Å². The molecule has 2 aromatic rings. The van der Waals surface area contributed by atoms with E-state index in [-0.39, 0.29) is 12.1 Å². The van der Waals surface area contributed by atoms with Crippen molar-refractivity contribution in [3.63, 3.8) is 0 Å². The lowest BCUT2D eigenvalue weighted by molar-refractivity contribution is 0.271. The van der Waals surface area contributed by atoms with Crippen molar-refractivity contribution in [1.82, 2.24) is 4.98 Å². The Morgan fingerprint density at radius 1 is 1.25 bits per heavy atom. The highest BCUT2D eigenvalue weighted by Crippen LogP contribution is 2.22. The van der Waals surface area contributed by atoms with E-state index in [0.29, 0.717) is 18.1 Å². The molecule has 0 spiro atoms. The van der Waals surface area contributed by atoms with Gasteiger partial charge in [-0.25, -0.2) is 0 Å². The van der Waals surface area contributed by atoms with Gasteiger partial charge in [0.1, 0.15) is 5.75 Å². The lowest BCUT2D eigenvalue weighted by atomic mass is 10.1. The van der Waals surface area contributed by atoms with Crippen LogP contribution in [0.2, 0.25) is 0 Å². The molecule has 0 unspecified atom stereocenters. The fraction of sp³-hybridized carbons (Fsp3) is 0.312. The second-order valence-corrected chi connectivity index (χ2v) is 5.16. The van der Waals surface area contributed by atoms with Crippen LogP contribution in [0.3, 0.4) is 0 Å². The second kappa shape index (κ2) is 6.39. The molecule has 0 atom stereocenters.